The van der Waals surface area contributed by atoms with Gasteiger partial charge in [-0.05, 0) is 48.0 Å². The number of hydrogen-bond donors (Lipinski definition) is 3. The molecule has 10 heteroatoms. The van der Waals surface area contributed by atoms with Crippen molar-refractivity contribution in [1.29, 1.82) is 0 Å². The molecular weight excluding hydrogens is 446 g/mol. The monoisotopic (exact) mass is 467 g/mol. The highest BCUT2D eigenvalue weighted by atomic mass is 32.2. The van der Waals surface area contributed by atoms with Crippen molar-refractivity contribution < 1.29 is 27.5 Å². The quantitative estimate of drug-likeness (QED) is 0.490. The number of amides is 2. The Labute approximate surface area is 190 Å². The molecule has 0 spiro atoms. The van der Waals surface area contributed by atoms with Gasteiger partial charge in [-0.1, -0.05) is 12.1 Å². The predicted octanol–water partition coefficient (Wildman–Crippen LogP) is 3.25. The Bertz CT molecular complexity index is 1350. The number of anilines is 3. The van der Waals surface area contributed by atoms with Crippen LogP contribution in [0.4, 0.5) is 17.1 Å². The normalized spacial score (nSPS) is 12.5. The molecule has 0 radical (unpaired) electrons. The molecule has 0 atom stereocenters. The fraction of sp³-hybridized carbons (Fsp3) is 0.130. The zero-order chi connectivity index (χ0) is 23.6. The second-order valence-corrected chi connectivity index (χ2v) is 8.90. The van der Waals surface area contributed by atoms with E-state index in [1.54, 1.807) is 36.4 Å². The number of para-hydroxylation sites is 1. The van der Waals surface area contributed by atoms with Gasteiger partial charge in [0, 0.05) is 11.8 Å². The van der Waals surface area contributed by atoms with E-state index in [4.69, 9.17) is 9.47 Å². The zero-order valence-electron chi connectivity index (χ0n) is 17.8. The van der Waals surface area contributed by atoms with Crippen LogP contribution in [0.25, 0.3) is 0 Å². The molecule has 170 valence electrons. The van der Waals surface area contributed by atoms with E-state index in [2.05, 4.69) is 15.4 Å². The van der Waals surface area contributed by atoms with Crippen molar-refractivity contribution in [2.75, 3.05) is 29.6 Å². The van der Waals surface area contributed by atoms with Crippen molar-refractivity contribution in [1.82, 2.24) is 0 Å². The van der Waals surface area contributed by atoms with Crippen molar-refractivity contribution in [2.45, 2.75) is 11.3 Å². The van der Waals surface area contributed by atoms with Gasteiger partial charge < -0.3 is 20.1 Å². The molecule has 3 aromatic carbocycles. The van der Waals surface area contributed by atoms with Gasteiger partial charge in [0.15, 0.2) is 0 Å². The number of ether oxygens (including phenoxy) is 2. The second kappa shape index (κ2) is 8.83. The highest BCUT2D eigenvalue weighted by Gasteiger charge is 2.23. The largest absolute Gasteiger partial charge is 0.497 e. The average Bonchev–Trinajstić information content (AvgIpc) is 3.18. The van der Waals surface area contributed by atoms with E-state index in [1.807, 2.05) is 0 Å². The summed E-state index contributed by atoms with van der Waals surface area (Å²) in [6.07, 6.45) is 0.112. The molecule has 2 amide bonds. The predicted molar refractivity (Wildman–Crippen MR) is 124 cm³/mol. The molecule has 0 saturated heterocycles. The summed E-state index contributed by atoms with van der Waals surface area (Å²) < 4.78 is 38.9. The number of nitrogens with one attached hydrogen (secondary N) is 3. The Morgan fingerprint density at radius 2 is 1.76 bits per heavy atom. The third kappa shape index (κ3) is 4.60. The minimum atomic E-state index is -4.01. The lowest BCUT2D eigenvalue weighted by Gasteiger charge is -2.15. The molecule has 3 aromatic rings. The van der Waals surface area contributed by atoms with Gasteiger partial charge in [0.2, 0.25) is 5.91 Å². The molecule has 4 rings (SSSR count). The molecule has 0 saturated carbocycles. The summed E-state index contributed by atoms with van der Waals surface area (Å²) in [6, 6.07) is 15.6. The zero-order valence-corrected chi connectivity index (χ0v) is 18.7. The first-order valence-corrected chi connectivity index (χ1v) is 11.4. The Hall–Kier alpha value is -4.05. The number of methoxy groups -OCH3 is 2. The first-order valence-electron chi connectivity index (χ1n) is 9.89. The van der Waals surface area contributed by atoms with Crippen LogP contribution in [0.15, 0.2) is 65.6 Å². The molecule has 1 aliphatic heterocycles. The standard InChI is InChI=1S/C23H21N3O6S/c1-31-15-7-9-20(21(13-15)32-2)25-23(28)17-5-3-4-6-19(17)26-33(29,30)16-8-10-18-14(11-16)12-22(27)24-18/h3-11,13,26H,12H2,1-2H3,(H,24,27)(H,25,28). The lowest BCUT2D eigenvalue weighted by Crippen LogP contribution is -2.19. The van der Waals surface area contributed by atoms with Gasteiger partial charge in [-0.25, -0.2) is 8.42 Å². The van der Waals surface area contributed by atoms with E-state index in [1.165, 1.54) is 38.5 Å². The third-order valence-electron chi connectivity index (χ3n) is 5.09. The minimum absolute atomic E-state index is 0.00946. The maximum atomic E-state index is 13.0. The van der Waals surface area contributed by atoms with Gasteiger partial charge in [-0.15, -0.1) is 0 Å². The Balaban J connectivity index is 1.60. The van der Waals surface area contributed by atoms with Crippen LogP contribution >= 0.6 is 0 Å². The van der Waals surface area contributed by atoms with Crippen molar-refractivity contribution in [3.63, 3.8) is 0 Å². The first-order chi connectivity index (χ1) is 15.8. The van der Waals surface area contributed by atoms with Gasteiger partial charge in [0.25, 0.3) is 15.9 Å². The molecule has 1 heterocycles. The summed E-state index contributed by atoms with van der Waals surface area (Å²) in [6.45, 7) is 0. The van der Waals surface area contributed by atoms with Crippen molar-refractivity contribution >= 4 is 38.9 Å². The minimum Gasteiger partial charge on any atom is -0.497 e. The molecular formula is C23H21N3O6S. The summed E-state index contributed by atoms with van der Waals surface area (Å²) in [5.74, 6) is 0.232. The number of carbonyl (C=O) groups excluding carboxylic acids is 2. The van der Waals surface area contributed by atoms with Gasteiger partial charge in [-0.3, -0.25) is 14.3 Å². The number of rotatable bonds is 7. The van der Waals surface area contributed by atoms with Crippen LogP contribution in [-0.2, 0) is 21.2 Å². The van der Waals surface area contributed by atoms with Crippen molar-refractivity contribution in [3.8, 4) is 11.5 Å². The lowest BCUT2D eigenvalue weighted by atomic mass is 10.1. The van der Waals surface area contributed by atoms with E-state index >= 15 is 0 Å². The molecule has 0 bridgehead atoms. The smallest absolute Gasteiger partial charge is 0.261 e. The van der Waals surface area contributed by atoms with Gasteiger partial charge in [0.1, 0.15) is 11.5 Å². The molecule has 0 aromatic heterocycles. The van der Waals surface area contributed by atoms with E-state index in [0.29, 0.717) is 28.4 Å². The number of hydrogen-bond acceptors (Lipinski definition) is 6. The van der Waals surface area contributed by atoms with Crippen LogP contribution in [0.5, 0.6) is 11.5 Å². The summed E-state index contributed by atoms with van der Waals surface area (Å²) in [4.78, 5) is 24.5. The van der Waals surface area contributed by atoms with Crippen LogP contribution in [-0.4, -0.2) is 34.5 Å². The summed E-state index contributed by atoms with van der Waals surface area (Å²) in [7, 11) is -1.03. The molecule has 0 fully saturated rings. The maximum absolute atomic E-state index is 13.0. The fourth-order valence-corrected chi connectivity index (χ4v) is 4.57. The van der Waals surface area contributed by atoms with Crippen molar-refractivity contribution in [3.05, 3.63) is 71.8 Å². The molecule has 9 nitrogen and oxygen atoms in total. The van der Waals surface area contributed by atoms with Gasteiger partial charge in [-0.2, -0.15) is 0 Å². The van der Waals surface area contributed by atoms with Gasteiger partial charge in [0.05, 0.1) is 42.5 Å². The van der Waals surface area contributed by atoms with Gasteiger partial charge >= 0.3 is 0 Å². The van der Waals surface area contributed by atoms with E-state index < -0.39 is 15.9 Å². The first kappa shape index (κ1) is 22.2. The topological polar surface area (TPSA) is 123 Å². The van der Waals surface area contributed by atoms with Crippen molar-refractivity contribution in [2.24, 2.45) is 0 Å². The third-order valence-corrected chi connectivity index (χ3v) is 6.45. The number of benzene rings is 3. The average molecular weight is 468 g/mol. The molecule has 33 heavy (non-hydrogen) atoms. The Morgan fingerprint density at radius 3 is 2.52 bits per heavy atom. The molecule has 0 unspecified atom stereocenters. The van der Waals surface area contributed by atoms with E-state index in [9.17, 15) is 18.0 Å². The Kier molecular flexibility index (Phi) is 5.93. The highest BCUT2D eigenvalue weighted by Crippen LogP contribution is 2.31. The van der Waals surface area contributed by atoms with Crippen LogP contribution in [0.3, 0.4) is 0 Å². The number of carbonyl (C=O) groups is 2. The lowest BCUT2D eigenvalue weighted by molar-refractivity contribution is -0.115. The van der Waals surface area contributed by atoms with Crippen LogP contribution in [0.1, 0.15) is 15.9 Å². The number of fused-ring (bicyclic) bond motifs is 1. The molecule has 1 aliphatic rings. The molecule has 3 N–H and O–H groups in total. The van der Waals surface area contributed by atoms with Crippen LogP contribution in [0.2, 0.25) is 0 Å². The second-order valence-electron chi connectivity index (χ2n) is 7.22. The highest BCUT2D eigenvalue weighted by molar-refractivity contribution is 7.92. The number of sulfonamides is 1. The summed E-state index contributed by atoms with van der Waals surface area (Å²) >= 11 is 0. The fourth-order valence-electron chi connectivity index (χ4n) is 3.44. The van der Waals surface area contributed by atoms with Crippen LogP contribution in [0, 0.1) is 0 Å². The SMILES string of the molecule is COc1ccc(NC(=O)c2ccccc2NS(=O)(=O)c2ccc3c(c2)CC(=O)N3)c(OC)c1. The summed E-state index contributed by atoms with van der Waals surface area (Å²) in [5.41, 5.74) is 1.82. The Morgan fingerprint density at radius 1 is 0.970 bits per heavy atom. The van der Waals surface area contributed by atoms with E-state index in [-0.39, 0.29) is 28.5 Å². The summed E-state index contributed by atoms with van der Waals surface area (Å²) in [5, 5.41) is 5.40. The van der Waals surface area contributed by atoms with E-state index in [0.717, 1.165) is 0 Å². The molecule has 0 aliphatic carbocycles. The maximum Gasteiger partial charge on any atom is 0.261 e. The van der Waals surface area contributed by atoms with Crippen LogP contribution < -0.4 is 24.8 Å².